The minimum Gasteiger partial charge on any atom is -0.507 e. The van der Waals surface area contributed by atoms with Crippen LogP contribution in [0.1, 0.15) is 35.2 Å². The van der Waals surface area contributed by atoms with Gasteiger partial charge in [-0.25, -0.2) is 13.2 Å². The number of benzene rings is 2. The molecule has 1 atom stereocenters. The fourth-order valence-corrected chi connectivity index (χ4v) is 6.67. The van der Waals surface area contributed by atoms with Crippen molar-refractivity contribution in [3.63, 3.8) is 0 Å². The Hall–Kier alpha value is -2.86. The van der Waals surface area contributed by atoms with Crippen molar-refractivity contribution in [1.82, 2.24) is 0 Å². The number of rotatable bonds is 15. The van der Waals surface area contributed by atoms with E-state index in [1.54, 1.807) is 6.07 Å². The molecule has 3 rings (SSSR count). The molecule has 0 spiro atoms. The molecule has 11 nitrogen and oxygen atoms in total. The van der Waals surface area contributed by atoms with Crippen LogP contribution < -0.4 is 9.62 Å². The number of nitrogens with zero attached hydrogens (tertiary/aromatic N) is 2. The summed E-state index contributed by atoms with van der Waals surface area (Å²) in [6.07, 6.45) is 2.62. The second kappa shape index (κ2) is 15.7. The van der Waals surface area contributed by atoms with Crippen molar-refractivity contribution in [2.75, 3.05) is 56.5 Å². The molecule has 2 N–H and O–H groups in total. The van der Waals surface area contributed by atoms with Crippen LogP contribution in [0.25, 0.3) is 0 Å². The van der Waals surface area contributed by atoms with Gasteiger partial charge < -0.3 is 29.0 Å². The summed E-state index contributed by atoms with van der Waals surface area (Å²) in [5.41, 5.74) is 0.598. The Bertz CT molecular complexity index is 1410. The molecule has 1 fully saturated rings. The Morgan fingerprint density at radius 2 is 1.86 bits per heavy atom. The van der Waals surface area contributed by atoms with Gasteiger partial charge in [-0.1, -0.05) is 31.2 Å². The second-order valence-electron chi connectivity index (χ2n) is 11.4. The first-order chi connectivity index (χ1) is 20.4. The predicted molar refractivity (Wildman–Crippen MR) is 167 cm³/mol. The topological polar surface area (TPSA) is 147 Å². The molecule has 0 radical (unpaired) electrons. The highest BCUT2D eigenvalue weighted by molar-refractivity contribution is 7.92. The number of hydrogen-bond acceptors (Lipinski definition) is 10. The fraction of sp³-hybridized carbons (Fsp3) is 0.517. The Labute approximate surface area is 259 Å². The maximum Gasteiger partial charge on any atom is 0.337 e. The van der Waals surface area contributed by atoms with Crippen molar-refractivity contribution in [2.24, 2.45) is 0 Å². The standard InChI is InChI=1S/C29H40ClN3O8SSi/c1-38-29(35)21-8-9-27(34)28(16-21)42(36,37)32-25-15-22(18-31)24(30)17-26(25)33-10-6-5-7-23(33)19-39-11-12-40-20-41-13-14-43(2,3)4/h8-9,15-17,23,32,34H,5-7,10-14,19-20H2,1-4H3. The molecule has 43 heavy (non-hydrogen) atoms. The van der Waals surface area contributed by atoms with Gasteiger partial charge in [0.1, 0.15) is 23.5 Å². The van der Waals surface area contributed by atoms with Crippen LogP contribution in [-0.4, -0.2) is 80.5 Å². The summed E-state index contributed by atoms with van der Waals surface area (Å²) in [5, 5.41) is 20.1. The van der Waals surface area contributed by atoms with E-state index >= 15 is 0 Å². The summed E-state index contributed by atoms with van der Waals surface area (Å²) in [6.45, 7) is 9.49. The molecule has 0 aliphatic carbocycles. The fourth-order valence-electron chi connectivity index (χ4n) is 4.53. The molecule has 1 unspecified atom stereocenters. The molecule has 14 heteroatoms. The maximum absolute atomic E-state index is 13.5. The zero-order valence-electron chi connectivity index (χ0n) is 25.0. The number of carbonyl (C=O) groups excluding carboxylic acids is 1. The number of sulfonamides is 1. The molecular weight excluding hydrogens is 614 g/mol. The van der Waals surface area contributed by atoms with Crippen LogP contribution in [0.15, 0.2) is 35.2 Å². The first-order valence-corrected chi connectivity index (χ1v) is 19.6. The van der Waals surface area contributed by atoms with Crippen molar-refractivity contribution in [3.05, 3.63) is 46.5 Å². The van der Waals surface area contributed by atoms with Gasteiger partial charge in [-0.15, -0.1) is 0 Å². The molecule has 1 aliphatic heterocycles. The zero-order valence-corrected chi connectivity index (χ0v) is 27.6. The van der Waals surface area contributed by atoms with E-state index in [1.807, 2.05) is 11.0 Å². The molecule has 1 aliphatic rings. The van der Waals surface area contributed by atoms with Gasteiger partial charge >= 0.3 is 5.97 Å². The lowest BCUT2D eigenvalue weighted by molar-refractivity contribution is -0.0668. The number of nitriles is 1. The number of hydrogen-bond donors (Lipinski definition) is 2. The van der Waals surface area contributed by atoms with Gasteiger partial charge in [-0.2, -0.15) is 5.26 Å². The lowest BCUT2D eigenvalue weighted by atomic mass is 10.0. The number of phenolic OH excluding ortho intramolecular Hbond substituents is 1. The van der Waals surface area contributed by atoms with Crippen LogP contribution >= 0.6 is 11.6 Å². The number of methoxy groups -OCH3 is 1. The number of piperidine rings is 1. The summed E-state index contributed by atoms with van der Waals surface area (Å²) in [7, 11) is -4.39. The zero-order chi connectivity index (χ0) is 31.6. The second-order valence-corrected chi connectivity index (χ2v) is 19.1. The van der Waals surface area contributed by atoms with E-state index in [0.29, 0.717) is 38.7 Å². The lowest BCUT2D eigenvalue weighted by Gasteiger charge is -2.38. The first kappa shape index (κ1) is 34.6. The summed E-state index contributed by atoms with van der Waals surface area (Å²) in [5.74, 6) is -1.31. The molecular formula is C29H40ClN3O8SSi. The number of aromatic hydroxyl groups is 1. The minimum atomic E-state index is -4.41. The normalized spacial score (nSPS) is 15.6. The summed E-state index contributed by atoms with van der Waals surface area (Å²) in [4.78, 5) is 13.5. The van der Waals surface area contributed by atoms with Gasteiger partial charge in [0.15, 0.2) is 0 Å². The third-order valence-corrected chi connectivity index (χ3v) is 10.3. The quantitative estimate of drug-likeness (QED) is 0.114. The third kappa shape index (κ3) is 10.1. The SMILES string of the molecule is COC(=O)c1ccc(O)c(S(=O)(=O)Nc2cc(C#N)c(Cl)cc2N2CCCCC2COCCOCOCC[Si](C)(C)C)c1. The number of anilines is 2. The van der Waals surface area contributed by atoms with Gasteiger partial charge in [0.25, 0.3) is 10.0 Å². The number of esters is 1. The predicted octanol–water partition coefficient (Wildman–Crippen LogP) is 5.21. The largest absolute Gasteiger partial charge is 0.507 e. The van der Waals surface area contributed by atoms with Gasteiger partial charge in [0, 0.05) is 21.2 Å². The van der Waals surface area contributed by atoms with Crippen molar-refractivity contribution < 1.29 is 37.3 Å². The Morgan fingerprint density at radius 1 is 1.14 bits per heavy atom. The molecule has 1 saturated heterocycles. The van der Waals surface area contributed by atoms with Crippen LogP contribution in [-0.2, 0) is 29.0 Å². The van der Waals surface area contributed by atoms with Crippen molar-refractivity contribution in [2.45, 2.75) is 55.9 Å². The average molecular weight is 654 g/mol. The van der Waals surface area contributed by atoms with E-state index in [9.17, 15) is 23.6 Å². The number of nitrogens with one attached hydrogen (secondary N) is 1. The molecule has 2 aromatic carbocycles. The van der Waals surface area contributed by atoms with Crippen molar-refractivity contribution >= 4 is 47.0 Å². The molecule has 0 bridgehead atoms. The van der Waals surface area contributed by atoms with Crippen molar-refractivity contribution in [1.29, 1.82) is 5.26 Å². The summed E-state index contributed by atoms with van der Waals surface area (Å²) in [6, 6.07) is 9.26. The Kier molecular flexibility index (Phi) is 12.7. The van der Waals surface area contributed by atoms with Crippen molar-refractivity contribution in [3.8, 4) is 11.8 Å². The van der Waals surface area contributed by atoms with Crippen LogP contribution in [0.5, 0.6) is 5.75 Å². The van der Waals surface area contributed by atoms with Gasteiger partial charge in [-0.05, 0) is 55.6 Å². The number of ether oxygens (including phenoxy) is 4. The number of halogens is 1. The molecule has 2 aromatic rings. The van der Waals surface area contributed by atoms with E-state index in [1.165, 1.54) is 19.2 Å². The monoisotopic (exact) mass is 653 g/mol. The summed E-state index contributed by atoms with van der Waals surface area (Å²) < 4.78 is 51.1. The molecule has 1 heterocycles. The minimum absolute atomic E-state index is 0.0509. The number of carbonyl (C=O) groups is 1. The first-order valence-electron chi connectivity index (χ1n) is 14.0. The van der Waals surface area contributed by atoms with Crippen LogP contribution in [0.3, 0.4) is 0 Å². The smallest absolute Gasteiger partial charge is 0.337 e. The third-order valence-electron chi connectivity index (χ3n) is 6.90. The molecule has 0 saturated carbocycles. The summed E-state index contributed by atoms with van der Waals surface area (Å²) >= 11 is 6.40. The van der Waals surface area contributed by atoms with Gasteiger partial charge in [0.05, 0.1) is 60.5 Å². The van der Waals surface area contributed by atoms with E-state index in [2.05, 4.69) is 29.1 Å². The van der Waals surface area contributed by atoms with Crippen LogP contribution in [0.2, 0.25) is 30.7 Å². The highest BCUT2D eigenvalue weighted by Crippen LogP contribution is 2.38. The lowest BCUT2D eigenvalue weighted by Crippen LogP contribution is -2.43. The van der Waals surface area contributed by atoms with Crippen LogP contribution in [0.4, 0.5) is 11.4 Å². The maximum atomic E-state index is 13.5. The Morgan fingerprint density at radius 3 is 2.56 bits per heavy atom. The molecule has 0 aromatic heterocycles. The van der Waals surface area contributed by atoms with E-state index in [-0.39, 0.29) is 34.7 Å². The number of phenols is 1. The molecule has 0 amide bonds. The van der Waals surface area contributed by atoms with Crippen LogP contribution in [0, 0.1) is 11.3 Å². The Balaban J connectivity index is 1.75. The molecule has 236 valence electrons. The van der Waals surface area contributed by atoms with Gasteiger partial charge in [0.2, 0.25) is 0 Å². The highest BCUT2D eigenvalue weighted by Gasteiger charge is 2.29. The highest BCUT2D eigenvalue weighted by atomic mass is 35.5. The van der Waals surface area contributed by atoms with E-state index in [4.69, 9.17) is 25.8 Å². The van der Waals surface area contributed by atoms with Gasteiger partial charge in [-0.3, -0.25) is 4.72 Å². The average Bonchev–Trinajstić information content (AvgIpc) is 2.96. The van der Waals surface area contributed by atoms with E-state index in [0.717, 1.165) is 37.4 Å². The van der Waals surface area contributed by atoms with E-state index < -0.39 is 34.7 Å².